The highest BCUT2D eigenvalue weighted by atomic mass is 32.2. The van der Waals surface area contributed by atoms with Gasteiger partial charge in [-0.1, -0.05) is 90.1 Å². The Balaban J connectivity index is 0.000000203. The molecule has 0 bridgehead atoms. The van der Waals surface area contributed by atoms with Gasteiger partial charge in [-0.25, -0.2) is 18.3 Å². The van der Waals surface area contributed by atoms with Crippen LogP contribution in [0.3, 0.4) is 0 Å². The van der Waals surface area contributed by atoms with E-state index in [-0.39, 0.29) is 34.7 Å². The summed E-state index contributed by atoms with van der Waals surface area (Å²) >= 11 is 0. The van der Waals surface area contributed by atoms with Crippen molar-refractivity contribution in [2.45, 2.75) is 51.1 Å². The summed E-state index contributed by atoms with van der Waals surface area (Å²) in [6, 6.07) is 38.0. The fraction of sp³-hybridized carbons (Fsp3) is 0.143. The van der Waals surface area contributed by atoms with Crippen molar-refractivity contribution >= 4 is 26.0 Å². The highest BCUT2D eigenvalue weighted by Crippen LogP contribution is 2.26. The summed E-state index contributed by atoms with van der Waals surface area (Å²) in [6.07, 6.45) is 0. The summed E-state index contributed by atoms with van der Waals surface area (Å²) in [5.74, 6) is 1.56. The Morgan fingerprint density at radius 1 is 0.614 bits per heavy atom. The number of primary sulfonamides is 1. The predicted octanol–water partition coefficient (Wildman–Crippen LogP) is 8.04. The number of furan rings is 2. The van der Waals surface area contributed by atoms with Crippen molar-refractivity contribution in [3.8, 4) is 33.8 Å². The van der Waals surface area contributed by atoms with Crippen molar-refractivity contribution in [2.24, 2.45) is 5.14 Å². The second-order valence-electron chi connectivity index (χ2n) is 12.8. The van der Waals surface area contributed by atoms with Crippen LogP contribution in [0.25, 0.3) is 22.3 Å². The van der Waals surface area contributed by atoms with Gasteiger partial charge in [-0.2, -0.15) is 8.42 Å². The van der Waals surface area contributed by atoms with Gasteiger partial charge in [0.1, 0.15) is 47.6 Å². The minimum absolute atomic E-state index is 0.0735. The molecule has 7 aromatic rings. The number of rotatable bonds is 12. The van der Waals surface area contributed by atoms with E-state index >= 15 is 0 Å². The first-order chi connectivity index (χ1) is 27.2. The standard InChI is InChI=1S/C24H22N2O6S.C18H17NO4S/c1-15-23(17(3)32-25-15)24(27)26-33(28,29)22-13-20(16(2)31-22)14-30-21-11-9-19(10-12-21)18-7-5-4-6-8-18;1-13-16(11-18(23-13)24(19,20)21)12-22-17-9-7-15(8-10-17)14-5-3-2-4-6-14/h4-13H,14H2,1-3H3,(H,26,27);2-11H,12H2,1H3,(H2,19,20,21). The number of ether oxygens (including phenoxy) is 2. The SMILES string of the molecule is Cc1noc(C)c1C(=O)NS(=O)(=O)c1cc(COc2ccc(-c3ccccc3)cc2)c(C)o1.Cc1oc(S(N)(=O)=O)cc1COc1ccc(-c2ccccc2)cc1. The van der Waals surface area contributed by atoms with Gasteiger partial charge >= 0.3 is 0 Å². The van der Waals surface area contributed by atoms with E-state index in [2.05, 4.69) is 5.16 Å². The molecule has 0 saturated carbocycles. The first-order valence-corrected chi connectivity index (χ1v) is 20.5. The van der Waals surface area contributed by atoms with E-state index in [1.807, 2.05) is 114 Å². The number of carbonyl (C=O) groups excluding carboxylic acids is 1. The monoisotopic (exact) mass is 809 g/mol. The Kier molecular flexibility index (Phi) is 12.1. The highest BCUT2D eigenvalue weighted by Gasteiger charge is 2.27. The molecular formula is C42H39N3O10S2. The van der Waals surface area contributed by atoms with Crippen molar-refractivity contribution < 1.29 is 44.5 Å². The molecule has 0 fully saturated rings. The maximum atomic E-state index is 12.7. The zero-order chi connectivity index (χ0) is 40.7. The molecule has 0 spiro atoms. The molecule has 3 heterocycles. The van der Waals surface area contributed by atoms with Gasteiger partial charge in [-0.3, -0.25) is 4.79 Å². The van der Waals surface area contributed by atoms with Crippen LogP contribution < -0.4 is 19.3 Å². The number of nitrogens with one attached hydrogen (secondary N) is 1. The molecule has 7 rings (SSSR count). The number of aryl methyl sites for hydroxylation is 4. The van der Waals surface area contributed by atoms with Gasteiger partial charge < -0.3 is 22.8 Å². The molecule has 0 aliphatic rings. The average Bonchev–Trinajstić information content (AvgIpc) is 3.89. The molecule has 3 aromatic heterocycles. The van der Waals surface area contributed by atoms with Crippen LogP contribution in [0.15, 0.2) is 145 Å². The average molecular weight is 810 g/mol. The van der Waals surface area contributed by atoms with E-state index in [1.54, 1.807) is 20.8 Å². The second kappa shape index (κ2) is 17.2. The zero-order valence-electron chi connectivity index (χ0n) is 31.4. The maximum Gasteiger partial charge on any atom is 0.297 e. The van der Waals surface area contributed by atoms with E-state index in [1.165, 1.54) is 19.1 Å². The molecule has 4 aromatic carbocycles. The quantitative estimate of drug-likeness (QED) is 0.121. The van der Waals surface area contributed by atoms with Crippen molar-refractivity contribution in [3.05, 3.63) is 161 Å². The largest absolute Gasteiger partial charge is 0.489 e. The first-order valence-electron chi connectivity index (χ1n) is 17.5. The molecule has 15 heteroatoms. The highest BCUT2D eigenvalue weighted by molar-refractivity contribution is 7.90. The lowest BCUT2D eigenvalue weighted by molar-refractivity contribution is 0.0978. The number of amides is 1. The molecule has 0 saturated heterocycles. The van der Waals surface area contributed by atoms with Crippen LogP contribution in [0.5, 0.6) is 11.5 Å². The Morgan fingerprint density at radius 2 is 1.04 bits per heavy atom. The molecular weight excluding hydrogens is 771 g/mol. The fourth-order valence-corrected chi connectivity index (χ4v) is 7.17. The van der Waals surface area contributed by atoms with Crippen molar-refractivity contribution in [1.82, 2.24) is 9.88 Å². The van der Waals surface area contributed by atoms with E-state index < -0.39 is 26.0 Å². The molecule has 0 atom stereocenters. The summed E-state index contributed by atoms with van der Waals surface area (Å²) < 4.78 is 76.8. The third-order valence-electron chi connectivity index (χ3n) is 8.74. The van der Waals surface area contributed by atoms with Crippen LogP contribution in [0.2, 0.25) is 0 Å². The number of sulfonamides is 2. The van der Waals surface area contributed by atoms with Crippen LogP contribution in [-0.4, -0.2) is 27.9 Å². The lowest BCUT2D eigenvalue weighted by Gasteiger charge is -2.07. The Hall–Kier alpha value is -6.42. The van der Waals surface area contributed by atoms with Crippen LogP contribution in [0, 0.1) is 27.7 Å². The van der Waals surface area contributed by atoms with Crippen LogP contribution in [0.4, 0.5) is 0 Å². The summed E-state index contributed by atoms with van der Waals surface area (Å²) in [5.41, 5.74) is 5.95. The lowest BCUT2D eigenvalue weighted by Crippen LogP contribution is -2.31. The molecule has 13 nitrogen and oxygen atoms in total. The van der Waals surface area contributed by atoms with Crippen molar-refractivity contribution in [3.63, 3.8) is 0 Å². The molecule has 1 amide bonds. The van der Waals surface area contributed by atoms with Gasteiger partial charge in [0.25, 0.3) is 26.0 Å². The molecule has 0 aliphatic carbocycles. The molecule has 0 aliphatic heterocycles. The fourth-order valence-electron chi connectivity index (χ4n) is 5.64. The lowest BCUT2D eigenvalue weighted by atomic mass is 10.1. The van der Waals surface area contributed by atoms with Gasteiger partial charge in [0.2, 0.25) is 10.2 Å². The molecule has 57 heavy (non-hydrogen) atoms. The maximum absolute atomic E-state index is 12.7. The Morgan fingerprint density at radius 3 is 1.44 bits per heavy atom. The van der Waals surface area contributed by atoms with Gasteiger partial charge in [0.15, 0.2) is 0 Å². The summed E-state index contributed by atoms with van der Waals surface area (Å²) in [7, 11) is -8.08. The number of hydrogen-bond donors (Lipinski definition) is 2. The van der Waals surface area contributed by atoms with Crippen LogP contribution in [-0.2, 0) is 33.3 Å². The summed E-state index contributed by atoms with van der Waals surface area (Å²) in [5, 5.41) is 8.09. The number of hydrogen-bond acceptors (Lipinski definition) is 11. The number of aromatic nitrogens is 1. The second-order valence-corrected chi connectivity index (χ2v) is 15.9. The van der Waals surface area contributed by atoms with E-state index in [0.29, 0.717) is 39.8 Å². The van der Waals surface area contributed by atoms with Gasteiger partial charge in [0.05, 0.1) is 5.69 Å². The molecule has 294 valence electrons. The topological polar surface area (TPSA) is 194 Å². The number of carbonyl (C=O) groups is 1. The smallest absolute Gasteiger partial charge is 0.297 e. The number of benzene rings is 4. The minimum Gasteiger partial charge on any atom is -0.489 e. The molecule has 0 unspecified atom stereocenters. The predicted molar refractivity (Wildman–Crippen MR) is 211 cm³/mol. The molecule has 3 N–H and O–H groups in total. The first kappa shape index (κ1) is 40.2. The van der Waals surface area contributed by atoms with E-state index in [0.717, 1.165) is 22.3 Å². The summed E-state index contributed by atoms with van der Waals surface area (Å²) in [4.78, 5) is 12.4. The summed E-state index contributed by atoms with van der Waals surface area (Å²) in [6.45, 7) is 6.69. The minimum atomic E-state index is -4.23. The third kappa shape index (κ3) is 10.1. The van der Waals surface area contributed by atoms with E-state index in [9.17, 15) is 21.6 Å². The third-order valence-corrected chi connectivity index (χ3v) is 10.7. The van der Waals surface area contributed by atoms with Crippen molar-refractivity contribution in [2.75, 3.05) is 0 Å². The Labute approximate surface area is 330 Å². The zero-order valence-corrected chi connectivity index (χ0v) is 33.0. The van der Waals surface area contributed by atoms with Crippen molar-refractivity contribution in [1.29, 1.82) is 0 Å². The van der Waals surface area contributed by atoms with Gasteiger partial charge in [-0.05, 0) is 74.2 Å². The van der Waals surface area contributed by atoms with Crippen LogP contribution in [0.1, 0.15) is 44.5 Å². The molecule has 0 radical (unpaired) electrons. The Bertz CT molecular complexity index is 2670. The normalized spacial score (nSPS) is 11.4. The van der Waals surface area contributed by atoms with Crippen LogP contribution >= 0.6 is 0 Å². The van der Waals surface area contributed by atoms with Gasteiger partial charge in [-0.15, -0.1) is 0 Å². The van der Waals surface area contributed by atoms with Gasteiger partial charge in [0, 0.05) is 23.3 Å². The number of nitrogens with two attached hydrogens (primary N) is 1. The van der Waals surface area contributed by atoms with E-state index in [4.69, 9.17) is 28.0 Å². The number of nitrogens with zero attached hydrogens (tertiary/aromatic N) is 1.